The van der Waals surface area contributed by atoms with Gasteiger partial charge in [-0.05, 0) is 36.3 Å². The summed E-state index contributed by atoms with van der Waals surface area (Å²) in [6, 6.07) is 9.71. The summed E-state index contributed by atoms with van der Waals surface area (Å²) >= 11 is 0. The van der Waals surface area contributed by atoms with Crippen LogP contribution in [-0.2, 0) is 13.0 Å². The van der Waals surface area contributed by atoms with Crippen LogP contribution in [0.3, 0.4) is 0 Å². The number of imidazole rings is 1. The predicted molar refractivity (Wildman–Crippen MR) is 86.1 cm³/mol. The first kappa shape index (κ1) is 14.3. The molecule has 0 fully saturated rings. The van der Waals surface area contributed by atoms with E-state index >= 15 is 0 Å². The van der Waals surface area contributed by atoms with Gasteiger partial charge in [0, 0.05) is 31.0 Å². The molecule has 21 heavy (non-hydrogen) atoms. The van der Waals surface area contributed by atoms with Crippen molar-refractivity contribution in [3.05, 3.63) is 54.1 Å². The van der Waals surface area contributed by atoms with Gasteiger partial charge in [0.25, 0.3) is 0 Å². The van der Waals surface area contributed by atoms with E-state index in [1.807, 2.05) is 18.7 Å². The second kappa shape index (κ2) is 5.64. The Morgan fingerprint density at radius 3 is 2.95 bits per heavy atom. The Morgan fingerprint density at radius 2 is 2.19 bits per heavy atom. The van der Waals surface area contributed by atoms with Crippen molar-refractivity contribution in [2.45, 2.75) is 52.2 Å². The zero-order valence-electron chi connectivity index (χ0n) is 13.2. The first-order valence-corrected chi connectivity index (χ1v) is 7.86. The van der Waals surface area contributed by atoms with Crippen LogP contribution in [0.1, 0.15) is 44.4 Å². The smallest absolute Gasteiger partial charge is 0.0946 e. The highest BCUT2D eigenvalue weighted by atomic mass is 15.1. The molecule has 1 aliphatic carbocycles. The van der Waals surface area contributed by atoms with E-state index in [2.05, 4.69) is 59.9 Å². The molecule has 3 nitrogen and oxygen atoms in total. The van der Waals surface area contributed by atoms with Crippen molar-refractivity contribution in [2.24, 2.45) is 5.41 Å². The molecule has 3 heteroatoms. The van der Waals surface area contributed by atoms with Crippen LogP contribution in [0.15, 0.2) is 43.0 Å². The summed E-state index contributed by atoms with van der Waals surface area (Å²) in [5.41, 5.74) is 3.27. The number of benzene rings is 1. The van der Waals surface area contributed by atoms with Crippen LogP contribution in [0.5, 0.6) is 0 Å². The van der Waals surface area contributed by atoms with Crippen LogP contribution in [0, 0.1) is 5.41 Å². The van der Waals surface area contributed by atoms with Gasteiger partial charge in [0.05, 0.1) is 6.33 Å². The highest BCUT2D eigenvalue weighted by Crippen LogP contribution is 2.43. The minimum atomic E-state index is 0.289. The summed E-state index contributed by atoms with van der Waals surface area (Å²) < 4.78 is 2.14. The molecule has 0 amide bonds. The van der Waals surface area contributed by atoms with Gasteiger partial charge < -0.3 is 9.88 Å². The molecule has 0 saturated heterocycles. The van der Waals surface area contributed by atoms with E-state index in [1.165, 1.54) is 24.0 Å². The molecule has 0 bridgehead atoms. The summed E-state index contributed by atoms with van der Waals surface area (Å²) in [4.78, 5) is 4.12. The van der Waals surface area contributed by atoms with Crippen LogP contribution >= 0.6 is 0 Å². The van der Waals surface area contributed by atoms with Gasteiger partial charge >= 0.3 is 0 Å². The van der Waals surface area contributed by atoms with Crippen LogP contribution < -0.4 is 5.32 Å². The number of fused-ring (bicyclic) bond motifs is 1. The lowest BCUT2D eigenvalue weighted by molar-refractivity contribution is 0.191. The van der Waals surface area contributed by atoms with Crippen LogP contribution in [0.2, 0.25) is 0 Å². The normalized spacial score (nSPS) is 21.8. The highest BCUT2D eigenvalue weighted by molar-refractivity contribution is 5.34. The van der Waals surface area contributed by atoms with Gasteiger partial charge in [0.2, 0.25) is 0 Å². The number of nitrogens with zero attached hydrogens (tertiary/aromatic N) is 2. The molecule has 1 heterocycles. The second-order valence-corrected chi connectivity index (χ2v) is 6.95. The SMILES string of the molecule is CC(Cn1ccnc1)NC1c2ccccc2CCC1(C)C. The molecule has 2 unspecified atom stereocenters. The largest absolute Gasteiger partial charge is 0.336 e. The number of hydrogen-bond acceptors (Lipinski definition) is 2. The van der Waals surface area contributed by atoms with E-state index in [-0.39, 0.29) is 5.41 Å². The number of aromatic nitrogens is 2. The van der Waals surface area contributed by atoms with Gasteiger partial charge in [0.15, 0.2) is 0 Å². The third kappa shape index (κ3) is 3.03. The predicted octanol–water partition coefficient (Wildman–Crippen LogP) is 3.57. The molecule has 2 aromatic rings. The third-order valence-corrected chi connectivity index (χ3v) is 4.68. The Labute approximate surface area is 127 Å². The number of nitrogens with one attached hydrogen (secondary N) is 1. The summed E-state index contributed by atoms with van der Waals surface area (Å²) in [7, 11) is 0. The molecule has 1 N–H and O–H groups in total. The van der Waals surface area contributed by atoms with E-state index in [1.54, 1.807) is 0 Å². The van der Waals surface area contributed by atoms with E-state index in [0.29, 0.717) is 12.1 Å². The maximum Gasteiger partial charge on any atom is 0.0946 e. The van der Waals surface area contributed by atoms with Gasteiger partial charge in [-0.2, -0.15) is 0 Å². The van der Waals surface area contributed by atoms with Gasteiger partial charge in [-0.1, -0.05) is 38.1 Å². The van der Waals surface area contributed by atoms with Crippen LogP contribution in [-0.4, -0.2) is 15.6 Å². The van der Waals surface area contributed by atoms with Crippen LogP contribution in [0.4, 0.5) is 0 Å². The molecule has 0 spiro atoms. The van der Waals surface area contributed by atoms with Crippen molar-refractivity contribution in [3.8, 4) is 0 Å². The fourth-order valence-electron chi connectivity index (χ4n) is 3.43. The first-order valence-electron chi connectivity index (χ1n) is 7.86. The minimum absolute atomic E-state index is 0.289. The topological polar surface area (TPSA) is 29.9 Å². The number of aryl methyl sites for hydroxylation is 1. The van der Waals surface area contributed by atoms with E-state index in [4.69, 9.17) is 0 Å². The summed E-state index contributed by atoms with van der Waals surface area (Å²) in [6.07, 6.45) is 8.18. The molecule has 0 aliphatic heterocycles. The summed E-state index contributed by atoms with van der Waals surface area (Å²) in [5.74, 6) is 0. The standard InChI is InChI=1S/C18H25N3/c1-14(12-21-11-10-19-13-21)20-17-16-7-5-4-6-15(16)8-9-18(17,2)3/h4-7,10-11,13-14,17,20H,8-9,12H2,1-3H3. The fourth-order valence-corrected chi connectivity index (χ4v) is 3.43. The summed E-state index contributed by atoms with van der Waals surface area (Å²) in [6.45, 7) is 7.97. The molecule has 1 aliphatic rings. The average molecular weight is 283 g/mol. The van der Waals surface area contributed by atoms with Gasteiger partial charge in [0.1, 0.15) is 0 Å². The molecular formula is C18H25N3. The second-order valence-electron chi connectivity index (χ2n) is 6.95. The lowest BCUT2D eigenvalue weighted by Crippen LogP contribution is -2.43. The van der Waals surface area contributed by atoms with Crippen molar-refractivity contribution in [1.82, 2.24) is 14.9 Å². The first-order chi connectivity index (χ1) is 10.1. The van der Waals surface area contributed by atoms with E-state index < -0.39 is 0 Å². The van der Waals surface area contributed by atoms with E-state index in [9.17, 15) is 0 Å². The van der Waals surface area contributed by atoms with Gasteiger partial charge in [-0.15, -0.1) is 0 Å². The van der Waals surface area contributed by atoms with Crippen molar-refractivity contribution in [3.63, 3.8) is 0 Å². The lowest BCUT2D eigenvalue weighted by atomic mass is 9.70. The Bertz CT molecular complexity index is 586. The monoisotopic (exact) mass is 283 g/mol. The quantitative estimate of drug-likeness (QED) is 0.929. The maximum absolute atomic E-state index is 4.12. The van der Waals surface area contributed by atoms with Gasteiger partial charge in [-0.25, -0.2) is 4.98 Å². The van der Waals surface area contributed by atoms with Crippen molar-refractivity contribution < 1.29 is 0 Å². The molecule has 0 radical (unpaired) electrons. The highest BCUT2D eigenvalue weighted by Gasteiger charge is 2.36. The molecule has 112 valence electrons. The van der Waals surface area contributed by atoms with E-state index in [0.717, 1.165) is 6.54 Å². The molecule has 1 aromatic heterocycles. The van der Waals surface area contributed by atoms with Crippen molar-refractivity contribution >= 4 is 0 Å². The molecule has 3 rings (SSSR count). The Kier molecular flexibility index (Phi) is 3.85. The maximum atomic E-state index is 4.12. The van der Waals surface area contributed by atoms with Crippen LogP contribution in [0.25, 0.3) is 0 Å². The Morgan fingerprint density at radius 1 is 1.38 bits per heavy atom. The fraction of sp³-hybridized carbons (Fsp3) is 0.500. The van der Waals surface area contributed by atoms with Crippen molar-refractivity contribution in [1.29, 1.82) is 0 Å². The molecule has 0 saturated carbocycles. The number of rotatable bonds is 4. The third-order valence-electron chi connectivity index (χ3n) is 4.68. The molecular weight excluding hydrogens is 258 g/mol. The Hall–Kier alpha value is -1.61. The zero-order chi connectivity index (χ0) is 14.9. The number of hydrogen-bond donors (Lipinski definition) is 1. The Balaban J connectivity index is 1.79. The molecule has 2 atom stereocenters. The summed E-state index contributed by atoms with van der Waals surface area (Å²) in [5, 5.41) is 3.85. The zero-order valence-corrected chi connectivity index (χ0v) is 13.2. The minimum Gasteiger partial charge on any atom is -0.336 e. The lowest BCUT2D eigenvalue weighted by Gasteiger charge is -2.42. The van der Waals surface area contributed by atoms with Crippen molar-refractivity contribution in [2.75, 3.05) is 0 Å². The average Bonchev–Trinajstić information content (AvgIpc) is 2.95. The molecule has 1 aromatic carbocycles. The van der Waals surface area contributed by atoms with Gasteiger partial charge in [-0.3, -0.25) is 0 Å².